The molecule has 0 saturated heterocycles. The Hall–Kier alpha value is -2.31. The van der Waals surface area contributed by atoms with Crippen LogP contribution >= 0.6 is 0 Å². The average Bonchev–Trinajstić information content (AvgIpc) is 2.81. The number of benzene rings is 1. The van der Waals surface area contributed by atoms with Crippen LogP contribution in [-0.2, 0) is 17.8 Å². The lowest BCUT2D eigenvalue weighted by Crippen LogP contribution is -2.31. The Labute approximate surface area is 138 Å². The molecule has 0 fully saturated rings. The Kier molecular flexibility index (Phi) is 5.64. The van der Waals surface area contributed by atoms with Gasteiger partial charge in [0, 0.05) is 24.3 Å². The summed E-state index contributed by atoms with van der Waals surface area (Å²) < 4.78 is 39.7. The molecule has 0 aliphatic rings. The summed E-state index contributed by atoms with van der Waals surface area (Å²) >= 11 is 0. The van der Waals surface area contributed by atoms with E-state index in [1.807, 2.05) is 6.92 Å². The van der Waals surface area contributed by atoms with E-state index in [1.54, 1.807) is 24.0 Å². The molecular formula is C17H20F3N3O. The highest BCUT2D eigenvalue weighted by Gasteiger charge is 2.21. The molecule has 2 rings (SSSR count). The fraction of sp³-hybridized carbons (Fsp3) is 0.412. The van der Waals surface area contributed by atoms with Crippen molar-refractivity contribution in [3.63, 3.8) is 0 Å². The second-order valence-electron chi connectivity index (χ2n) is 5.59. The molecule has 0 aliphatic carbocycles. The number of alkyl halides is 2. The summed E-state index contributed by atoms with van der Waals surface area (Å²) in [5.74, 6) is -0.567. The lowest BCUT2D eigenvalue weighted by atomic mass is 10.1. The number of halogens is 3. The minimum atomic E-state index is -2.73. The molecule has 0 aliphatic heterocycles. The highest BCUT2D eigenvalue weighted by molar-refractivity contribution is 5.79. The molecule has 130 valence electrons. The van der Waals surface area contributed by atoms with Crippen LogP contribution in [0.5, 0.6) is 0 Å². The Morgan fingerprint density at radius 1 is 1.33 bits per heavy atom. The first-order valence-corrected chi connectivity index (χ1v) is 7.68. The maximum atomic E-state index is 13.3. The fourth-order valence-corrected chi connectivity index (χ4v) is 2.64. The monoisotopic (exact) mass is 339 g/mol. The molecular weight excluding hydrogens is 319 g/mol. The Morgan fingerprint density at radius 3 is 2.58 bits per heavy atom. The summed E-state index contributed by atoms with van der Waals surface area (Å²) in [4.78, 5) is 14.1. The minimum absolute atomic E-state index is 0.00641. The number of rotatable bonds is 6. The van der Waals surface area contributed by atoms with Gasteiger partial charge < -0.3 is 4.90 Å². The van der Waals surface area contributed by atoms with Gasteiger partial charge in [-0.3, -0.25) is 4.79 Å². The summed E-state index contributed by atoms with van der Waals surface area (Å²) in [6, 6.07) is 6.04. The molecule has 1 heterocycles. The van der Waals surface area contributed by atoms with Gasteiger partial charge in [-0.2, -0.15) is 13.9 Å². The number of aromatic nitrogens is 2. The van der Waals surface area contributed by atoms with E-state index in [2.05, 4.69) is 5.10 Å². The van der Waals surface area contributed by atoms with Crippen molar-refractivity contribution in [3.05, 3.63) is 52.6 Å². The number of hydrogen-bond donors (Lipinski definition) is 0. The molecule has 0 saturated carbocycles. The molecule has 0 N–H and O–H groups in total. The van der Waals surface area contributed by atoms with Gasteiger partial charge in [-0.1, -0.05) is 12.1 Å². The molecule has 0 radical (unpaired) electrons. The van der Waals surface area contributed by atoms with Crippen molar-refractivity contribution in [3.8, 4) is 0 Å². The van der Waals surface area contributed by atoms with E-state index in [1.165, 1.54) is 19.1 Å². The third-order valence-corrected chi connectivity index (χ3v) is 3.98. The van der Waals surface area contributed by atoms with Crippen LogP contribution in [-0.4, -0.2) is 27.1 Å². The fourth-order valence-electron chi connectivity index (χ4n) is 2.64. The average molecular weight is 339 g/mol. The van der Waals surface area contributed by atoms with Crippen LogP contribution in [0.25, 0.3) is 0 Å². The maximum Gasteiger partial charge on any atom is 0.333 e. The van der Waals surface area contributed by atoms with Crippen molar-refractivity contribution in [2.75, 3.05) is 6.54 Å². The minimum Gasteiger partial charge on any atom is -0.338 e. The number of nitrogens with zero attached hydrogens (tertiary/aromatic N) is 3. The molecule has 2 aromatic rings. The molecule has 1 aromatic heterocycles. The second kappa shape index (κ2) is 7.51. The number of hydrogen-bond acceptors (Lipinski definition) is 2. The van der Waals surface area contributed by atoms with Gasteiger partial charge in [0.05, 0.1) is 12.1 Å². The Bertz CT molecular complexity index is 728. The van der Waals surface area contributed by atoms with Crippen LogP contribution in [0, 0.1) is 19.7 Å². The van der Waals surface area contributed by atoms with Gasteiger partial charge in [0.1, 0.15) is 5.82 Å². The van der Waals surface area contributed by atoms with Crippen LogP contribution in [0.3, 0.4) is 0 Å². The highest BCUT2D eigenvalue weighted by Crippen LogP contribution is 2.20. The number of carbonyl (C=O) groups excluding carboxylic acids is 1. The van der Waals surface area contributed by atoms with Gasteiger partial charge in [0.2, 0.25) is 5.91 Å². The van der Waals surface area contributed by atoms with Crippen molar-refractivity contribution < 1.29 is 18.0 Å². The summed E-state index contributed by atoms with van der Waals surface area (Å²) in [5, 5.41) is 3.79. The molecule has 0 atom stereocenters. The predicted octanol–water partition coefficient (Wildman–Crippen LogP) is 3.63. The van der Waals surface area contributed by atoms with Crippen molar-refractivity contribution >= 4 is 5.91 Å². The summed E-state index contributed by atoms with van der Waals surface area (Å²) in [5.41, 5.74) is 1.90. The third-order valence-electron chi connectivity index (χ3n) is 3.98. The number of carbonyl (C=O) groups is 1. The third kappa shape index (κ3) is 3.96. The van der Waals surface area contributed by atoms with Gasteiger partial charge in [0.15, 0.2) is 0 Å². The molecule has 1 aromatic carbocycles. The van der Waals surface area contributed by atoms with Gasteiger partial charge in [-0.05, 0) is 38.5 Å². The zero-order chi connectivity index (χ0) is 17.9. The van der Waals surface area contributed by atoms with Crippen LogP contribution in [0.15, 0.2) is 24.3 Å². The highest BCUT2D eigenvalue weighted by atomic mass is 19.3. The van der Waals surface area contributed by atoms with Crippen molar-refractivity contribution in [1.82, 2.24) is 14.7 Å². The Morgan fingerprint density at radius 2 is 2.04 bits per heavy atom. The van der Waals surface area contributed by atoms with E-state index < -0.39 is 6.55 Å². The number of aryl methyl sites for hydroxylation is 1. The number of likely N-dealkylation sites (N-methyl/N-ethyl adjacent to an activating group) is 1. The van der Waals surface area contributed by atoms with E-state index in [9.17, 15) is 18.0 Å². The molecule has 0 spiro atoms. The smallest absolute Gasteiger partial charge is 0.333 e. The number of amides is 1. The Balaban J connectivity index is 2.15. The first-order valence-electron chi connectivity index (χ1n) is 7.68. The van der Waals surface area contributed by atoms with Crippen LogP contribution in [0.1, 0.15) is 36.0 Å². The molecule has 24 heavy (non-hydrogen) atoms. The molecule has 0 bridgehead atoms. The van der Waals surface area contributed by atoms with Crippen molar-refractivity contribution in [2.24, 2.45) is 0 Å². The molecule has 7 heteroatoms. The maximum absolute atomic E-state index is 13.3. The predicted molar refractivity (Wildman–Crippen MR) is 84.1 cm³/mol. The van der Waals surface area contributed by atoms with Crippen LogP contribution in [0.4, 0.5) is 13.2 Å². The van der Waals surface area contributed by atoms with E-state index in [0.717, 1.165) is 0 Å². The van der Waals surface area contributed by atoms with E-state index >= 15 is 0 Å². The molecule has 0 unspecified atom stereocenters. The van der Waals surface area contributed by atoms with E-state index in [0.29, 0.717) is 28.0 Å². The first kappa shape index (κ1) is 18.0. The lowest BCUT2D eigenvalue weighted by molar-refractivity contribution is -0.130. The zero-order valence-corrected chi connectivity index (χ0v) is 13.9. The summed E-state index contributed by atoms with van der Waals surface area (Å²) in [7, 11) is 0. The second-order valence-corrected chi connectivity index (χ2v) is 5.59. The largest absolute Gasteiger partial charge is 0.338 e. The normalized spacial score (nSPS) is 11.1. The van der Waals surface area contributed by atoms with Crippen LogP contribution in [0.2, 0.25) is 0 Å². The van der Waals surface area contributed by atoms with Crippen molar-refractivity contribution in [2.45, 2.75) is 40.3 Å². The quantitative estimate of drug-likeness (QED) is 0.806. The van der Waals surface area contributed by atoms with Gasteiger partial charge in [-0.25, -0.2) is 9.07 Å². The molecule has 4 nitrogen and oxygen atoms in total. The van der Waals surface area contributed by atoms with Gasteiger partial charge in [-0.15, -0.1) is 0 Å². The molecule has 1 amide bonds. The summed E-state index contributed by atoms with van der Waals surface area (Å²) in [6.07, 6.45) is -0.00641. The lowest BCUT2D eigenvalue weighted by Gasteiger charge is -2.21. The SMILES string of the molecule is CCN(Cc1cccc(F)c1)C(=O)Cc1c(C)nn(C(F)F)c1C. The zero-order valence-electron chi connectivity index (χ0n) is 13.9. The summed E-state index contributed by atoms with van der Waals surface area (Å²) in [6.45, 7) is 2.93. The standard InChI is InChI=1S/C17H20F3N3O/c1-4-22(10-13-6-5-7-14(18)8-13)16(24)9-15-11(2)21-23(12(15)3)17(19)20/h5-8,17H,4,9-10H2,1-3H3. The first-order chi connectivity index (χ1) is 11.3. The van der Waals surface area contributed by atoms with Gasteiger partial charge in [0.25, 0.3) is 0 Å². The topological polar surface area (TPSA) is 38.1 Å². The van der Waals surface area contributed by atoms with Crippen molar-refractivity contribution in [1.29, 1.82) is 0 Å². The van der Waals surface area contributed by atoms with E-state index in [-0.39, 0.29) is 30.4 Å². The van der Waals surface area contributed by atoms with E-state index in [4.69, 9.17) is 0 Å². The van der Waals surface area contributed by atoms with Crippen LogP contribution < -0.4 is 0 Å². The van der Waals surface area contributed by atoms with Gasteiger partial charge >= 0.3 is 6.55 Å².